The number of rotatable bonds is 6. The number of aromatic nitrogens is 3. The molecule has 9 heteroatoms. The molecule has 1 saturated carbocycles. The Balaban J connectivity index is 1.31. The number of halogens is 4. The number of anilines is 1. The first-order valence-electron chi connectivity index (χ1n) is 10.9. The first-order chi connectivity index (χ1) is 15.8. The van der Waals surface area contributed by atoms with Crippen molar-refractivity contribution in [2.45, 2.75) is 57.2 Å². The summed E-state index contributed by atoms with van der Waals surface area (Å²) in [6.07, 6.45) is 2.72. The topological polar surface area (TPSA) is 59.9 Å². The lowest BCUT2D eigenvalue weighted by Gasteiger charge is -2.30. The fourth-order valence-electron chi connectivity index (χ4n) is 4.06. The van der Waals surface area contributed by atoms with Crippen LogP contribution in [0.3, 0.4) is 0 Å². The lowest BCUT2D eigenvalue weighted by Crippen LogP contribution is -2.26. The third kappa shape index (κ3) is 5.74. The van der Waals surface area contributed by atoms with Crippen LogP contribution in [0, 0.1) is 0 Å². The van der Waals surface area contributed by atoms with Gasteiger partial charge in [-0.2, -0.15) is 13.2 Å². The van der Waals surface area contributed by atoms with Crippen molar-refractivity contribution in [1.29, 1.82) is 0 Å². The molecule has 1 fully saturated rings. The molecular formula is C24H24ClF3N4O. The van der Waals surface area contributed by atoms with Gasteiger partial charge in [-0.3, -0.25) is 0 Å². The highest BCUT2D eigenvalue weighted by Gasteiger charge is 2.30. The molecule has 0 bridgehead atoms. The van der Waals surface area contributed by atoms with Crippen LogP contribution in [0.2, 0.25) is 5.02 Å². The minimum atomic E-state index is -4.42. The van der Waals surface area contributed by atoms with E-state index in [4.69, 9.17) is 16.3 Å². The predicted molar refractivity (Wildman–Crippen MR) is 121 cm³/mol. The molecule has 1 aromatic carbocycles. The Bertz CT molecular complexity index is 1070. The van der Waals surface area contributed by atoms with Gasteiger partial charge in [0.25, 0.3) is 0 Å². The normalized spacial score (nSPS) is 18.7. The second kappa shape index (κ2) is 9.95. The molecule has 0 saturated heterocycles. The molecule has 33 heavy (non-hydrogen) atoms. The van der Waals surface area contributed by atoms with E-state index in [1.807, 2.05) is 31.2 Å². The van der Waals surface area contributed by atoms with Crippen LogP contribution in [0.25, 0.3) is 0 Å². The number of hydrogen-bond acceptors (Lipinski definition) is 5. The smallest absolute Gasteiger partial charge is 0.417 e. The fraction of sp³-hybridized carbons (Fsp3) is 0.375. The molecule has 1 aliphatic rings. The van der Waals surface area contributed by atoms with E-state index < -0.39 is 11.7 Å². The van der Waals surface area contributed by atoms with Gasteiger partial charge in [-0.25, -0.2) is 15.0 Å². The Kier molecular flexibility index (Phi) is 7.02. The number of nitrogens with one attached hydrogen (secondary N) is 1. The standard InChI is InChI=1S/C24H24ClF3N4O/c1-2-20-22(25)23(31-14-30-20)32-18-8-3-15(4-9-18)16-5-10-19(11-6-16)33-21-12-7-17(13-29-21)24(26,27)28/h5-7,10-15,18H,2-4,8-9H2,1H3,(H,30,31,32). The van der Waals surface area contributed by atoms with E-state index in [0.29, 0.717) is 28.5 Å². The fourth-order valence-corrected chi connectivity index (χ4v) is 4.34. The molecule has 0 aliphatic heterocycles. The van der Waals surface area contributed by atoms with E-state index >= 15 is 0 Å². The van der Waals surface area contributed by atoms with Gasteiger partial charge in [-0.15, -0.1) is 0 Å². The molecule has 0 amide bonds. The molecule has 2 heterocycles. The van der Waals surface area contributed by atoms with Gasteiger partial charge in [-0.1, -0.05) is 30.7 Å². The van der Waals surface area contributed by atoms with Gasteiger partial charge in [-0.05, 0) is 61.8 Å². The molecule has 0 spiro atoms. The minimum Gasteiger partial charge on any atom is -0.439 e. The maximum absolute atomic E-state index is 12.7. The lowest BCUT2D eigenvalue weighted by atomic mass is 9.82. The summed E-state index contributed by atoms with van der Waals surface area (Å²) in [7, 11) is 0. The average Bonchev–Trinajstić information content (AvgIpc) is 2.81. The van der Waals surface area contributed by atoms with Gasteiger partial charge in [0.05, 0.1) is 11.3 Å². The van der Waals surface area contributed by atoms with E-state index in [1.165, 1.54) is 11.6 Å². The lowest BCUT2D eigenvalue weighted by molar-refractivity contribution is -0.137. The summed E-state index contributed by atoms with van der Waals surface area (Å²) in [5, 5.41) is 4.06. The number of benzene rings is 1. The van der Waals surface area contributed by atoms with Crippen LogP contribution in [0.4, 0.5) is 19.0 Å². The van der Waals surface area contributed by atoms with Crippen molar-refractivity contribution in [2.24, 2.45) is 0 Å². The highest BCUT2D eigenvalue weighted by molar-refractivity contribution is 6.33. The van der Waals surface area contributed by atoms with Crippen molar-refractivity contribution >= 4 is 17.4 Å². The zero-order chi connectivity index (χ0) is 23.4. The highest BCUT2D eigenvalue weighted by Crippen LogP contribution is 2.36. The van der Waals surface area contributed by atoms with Crippen molar-refractivity contribution in [2.75, 3.05) is 5.32 Å². The van der Waals surface area contributed by atoms with Crippen LogP contribution in [-0.2, 0) is 12.6 Å². The Labute approximate surface area is 195 Å². The minimum absolute atomic E-state index is 0.122. The predicted octanol–water partition coefficient (Wildman–Crippen LogP) is 7.04. The summed E-state index contributed by atoms with van der Waals surface area (Å²) in [5.41, 5.74) is 1.26. The molecule has 0 atom stereocenters. The van der Waals surface area contributed by atoms with Crippen LogP contribution < -0.4 is 10.1 Å². The molecule has 4 rings (SSSR count). The van der Waals surface area contributed by atoms with E-state index in [0.717, 1.165) is 50.1 Å². The molecule has 5 nitrogen and oxygen atoms in total. The first-order valence-corrected chi connectivity index (χ1v) is 11.3. The Morgan fingerprint density at radius 2 is 1.73 bits per heavy atom. The zero-order valence-corrected chi connectivity index (χ0v) is 18.8. The Morgan fingerprint density at radius 1 is 1.00 bits per heavy atom. The largest absolute Gasteiger partial charge is 0.439 e. The highest BCUT2D eigenvalue weighted by atomic mass is 35.5. The van der Waals surface area contributed by atoms with Crippen LogP contribution in [0.15, 0.2) is 48.9 Å². The molecule has 0 unspecified atom stereocenters. The number of ether oxygens (including phenoxy) is 1. The molecular weight excluding hydrogens is 453 g/mol. The summed E-state index contributed by atoms with van der Waals surface area (Å²) in [6, 6.07) is 10.2. The molecule has 3 aromatic rings. The van der Waals surface area contributed by atoms with Gasteiger partial charge < -0.3 is 10.1 Å². The molecule has 1 N–H and O–H groups in total. The summed E-state index contributed by atoms with van der Waals surface area (Å²) in [5.74, 6) is 1.79. The quantitative estimate of drug-likeness (QED) is 0.413. The molecule has 2 aromatic heterocycles. The average molecular weight is 477 g/mol. The monoisotopic (exact) mass is 476 g/mol. The zero-order valence-electron chi connectivity index (χ0n) is 18.1. The molecule has 0 radical (unpaired) electrons. The van der Waals surface area contributed by atoms with Crippen LogP contribution >= 0.6 is 11.6 Å². The van der Waals surface area contributed by atoms with Crippen LogP contribution in [0.5, 0.6) is 11.6 Å². The third-order valence-electron chi connectivity index (χ3n) is 5.90. The number of nitrogens with zero attached hydrogens (tertiary/aromatic N) is 3. The van der Waals surface area contributed by atoms with Crippen molar-refractivity contribution < 1.29 is 17.9 Å². The van der Waals surface area contributed by atoms with E-state index in [9.17, 15) is 13.2 Å². The van der Waals surface area contributed by atoms with Gasteiger partial charge in [0.15, 0.2) is 0 Å². The van der Waals surface area contributed by atoms with Gasteiger partial charge >= 0.3 is 6.18 Å². The second-order valence-corrected chi connectivity index (χ2v) is 8.46. The number of aryl methyl sites for hydroxylation is 1. The first kappa shape index (κ1) is 23.3. The van der Waals surface area contributed by atoms with Gasteiger partial charge in [0.1, 0.15) is 22.9 Å². The van der Waals surface area contributed by atoms with E-state index in [-0.39, 0.29) is 5.88 Å². The van der Waals surface area contributed by atoms with Crippen LogP contribution in [0.1, 0.15) is 55.3 Å². The Morgan fingerprint density at radius 3 is 2.33 bits per heavy atom. The van der Waals surface area contributed by atoms with Crippen molar-refractivity contribution in [1.82, 2.24) is 15.0 Å². The Hall–Kier alpha value is -2.87. The second-order valence-electron chi connectivity index (χ2n) is 8.08. The van der Waals surface area contributed by atoms with Crippen molar-refractivity contribution in [3.8, 4) is 11.6 Å². The summed E-state index contributed by atoms with van der Waals surface area (Å²) in [4.78, 5) is 12.2. The number of alkyl halides is 3. The van der Waals surface area contributed by atoms with E-state index in [1.54, 1.807) is 6.33 Å². The number of hydrogen-bond donors (Lipinski definition) is 1. The van der Waals surface area contributed by atoms with Crippen LogP contribution in [-0.4, -0.2) is 21.0 Å². The van der Waals surface area contributed by atoms with Gasteiger partial charge in [0.2, 0.25) is 5.88 Å². The van der Waals surface area contributed by atoms with Crippen molar-refractivity contribution in [3.05, 3.63) is 70.8 Å². The maximum atomic E-state index is 12.7. The SMILES string of the molecule is CCc1ncnc(NC2CCC(c3ccc(Oc4ccc(C(F)(F)F)cn4)cc3)CC2)c1Cl. The molecule has 1 aliphatic carbocycles. The summed E-state index contributed by atoms with van der Waals surface area (Å²) < 4.78 is 43.5. The maximum Gasteiger partial charge on any atom is 0.417 e. The van der Waals surface area contributed by atoms with E-state index in [2.05, 4.69) is 20.3 Å². The molecule has 174 valence electrons. The summed E-state index contributed by atoms with van der Waals surface area (Å²) >= 11 is 6.40. The van der Waals surface area contributed by atoms with Crippen molar-refractivity contribution in [3.63, 3.8) is 0 Å². The number of pyridine rings is 1. The van der Waals surface area contributed by atoms with Gasteiger partial charge in [0, 0.05) is 18.3 Å². The third-order valence-corrected chi connectivity index (χ3v) is 6.30. The summed E-state index contributed by atoms with van der Waals surface area (Å²) in [6.45, 7) is 2.01.